The molecule has 0 spiro atoms. The van der Waals surface area contributed by atoms with Gasteiger partial charge in [0.25, 0.3) is 5.91 Å². The third kappa shape index (κ3) is 5.04. The molecule has 6 heteroatoms. The zero-order valence-corrected chi connectivity index (χ0v) is 14.5. The molecule has 0 aromatic heterocycles. The van der Waals surface area contributed by atoms with Crippen LogP contribution in [0.3, 0.4) is 0 Å². The van der Waals surface area contributed by atoms with Crippen molar-refractivity contribution in [1.82, 2.24) is 5.32 Å². The molecule has 2 amide bonds. The van der Waals surface area contributed by atoms with Gasteiger partial charge in [0.15, 0.2) is 0 Å². The number of rotatable bonds is 7. The molecule has 0 aliphatic rings. The zero-order chi connectivity index (χ0) is 18.9. The number of hydrogen-bond donors (Lipinski definition) is 2. The van der Waals surface area contributed by atoms with Gasteiger partial charge in [0.2, 0.25) is 5.91 Å². The average molecular weight is 352 g/mol. The maximum atomic E-state index is 12.5. The predicted molar refractivity (Wildman–Crippen MR) is 98.8 cm³/mol. The topological polar surface area (TPSA) is 84.5 Å². The van der Waals surface area contributed by atoms with E-state index in [4.69, 9.17) is 4.74 Å². The number of ether oxygens (including phenoxy) is 1. The number of carbonyl (C=O) groups is 3. The van der Waals surface area contributed by atoms with E-state index in [1.807, 2.05) is 0 Å². The summed E-state index contributed by atoms with van der Waals surface area (Å²) in [5.74, 6) is -1.03. The second-order valence-corrected chi connectivity index (χ2v) is 5.33. The fourth-order valence-corrected chi connectivity index (χ4v) is 2.25. The van der Waals surface area contributed by atoms with Crippen molar-refractivity contribution in [3.63, 3.8) is 0 Å². The van der Waals surface area contributed by atoms with Crippen molar-refractivity contribution in [1.29, 1.82) is 0 Å². The van der Waals surface area contributed by atoms with E-state index in [-0.39, 0.29) is 18.4 Å². The summed E-state index contributed by atoms with van der Waals surface area (Å²) in [6.45, 7) is 5.65. The largest absolute Gasteiger partial charge is 0.462 e. The lowest BCUT2D eigenvalue weighted by molar-refractivity contribution is -0.116. The van der Waals surface area contributed by atoms with Crippen molar-refractivity contribution in [2.45, 2.75) is 13.5 Å². The van der Waals surface area contributed by atoms with Crippen LogP contribution in [0.4, 0.5) is 5.69 Å². The smallest absolute Gasteiger partial charge is 0.338 e. The van der Waals surface area contributed by atoms with Crippen LogP contribution in [-0.4, -0.2) is 24.4 Å². The fraction of sp³-hybridized carbons (Fsp3) is 0.150. The maximum Gasteiger partial charge on any atom is 0.338 e. The lowest BCUT2D eigenvalue weighted by Gasteiger charge is -2.11. The SMILES string of the molecule is C=CC(=O)NCc1ccccc1C(=O)Nc1ccc(C(=O)OCC)cc1. The van der Waals surface area contributed by atoms with E-state index in [9.17, 15) is 14.4 Å². The number of amides is 2. The van der Waals surface area contributed by atoms with Crippen LogP contribution in [0.5, 0.6) is 0 Å². The van der Waals surface area contributed by atoms with Crippen LogP contribution in [0.2, 0.25) is 0 Å². The summed E-state index contributed by atoms with van der Waals surface area (Å²) in [6.07, 6.45) is 1.17. The van der Waals surface area contributed by atoms with Crippen molar-refractivity contribution < 1.29 is 19.1 Å². The molecular formula is C20H20N2O4. The molecule has 0 radical (unpaired) electrons. The number of esters is 1. The Morgan fingerprint density at radius 1 is 1.08 bits per heavy atom. The van der Waals surface area contributed by atoms with Crippen LogP contribution in [0.1, 0.15) is 33.2 Å². The molecule has 26 heavy (non-hydrogen) atoms. The second kappa shape index (κ2) is 9.17. The Bertz CT molecular complexity index is 813. The Kier molecular flexibility index (Phi) is 6.68. The summed E-state index contributed by atoms with van der Waals surface area (Å²) in [6, 6.07) is 13.4. The van der Waals surface area contributed by atoms with Crippen molar-refractivity contribution in [3.8, 4) is 0 Å². The van der Waals surface area contributed by atoms with E-state index in [2.05, 4.69) is 17.2 Å². The molecule has 0 heterocycles. The zero-order valence-electron chi connectivity index (χ0n) is 14.5. The van der Waals surface area contributed by atoms with Crippen molar-refractivity contribution >= 4 is 23.5 Å². The van der Waals surface area contributed by atoms with Gasteiger partial charge in [0.05, 0.1) is 12.2 Å². The van der Waals surface area contributed by atoms with Crippen molar-refractivity contribution in [3.05, 3.63) is 77.9 Å². The molecule has 2 aromatic carbocycles. The van der Waals surface area contributed by atoms with Gasteiger partial charge in [0, 0.05) is 17.8 Å². The molecule has 0 atom stereocenters. The van der Waals surface area contributed by atoms with Gasteiger partial charge < -0.3 is 15.4 Å². The summed E-state index contributed by atoms with van der Waals surface area (Å²) in [5.41, 5.74) is 2.10. The number of carbonyl (C=O) groups excluding carboxylic acids is 3. The van der Waals surface area contributed by atoms with Crippen LogP contribution in [0.25, 0.3) is 0 Å². The first-order valence-electron chi connectivity index (χ1n) is 8.12. The summed E-state index contributed by atoms with van der Waals surface area (Å²) in [5, 5.41) is 5.43. The highest BCUT2D eigenvalue weighted by atomic mass is 16.5. The molecule has 0 aliphatic carbocycles. The third-order valence-electron chi connectivity index (χ3n) is 3.55. The average Bonchev–Trinajstić information content (AvgIpc) is 2.67. The van der Waals surface area contributed by atoms with Crippen LogP contribution < -0.4 is 10.6 Å². The van der Waals surface area contributed by atoms with Gasteiger partial charge >= 0.3 is 5.97 Å². The number of hydrogen-bond acceptors (Lipinski definition) is 4. The van der Waals surface area contributed by atoms with Gasteiger partial charge in [0.1, 0.15) is 0 Å². The first-order valence-corrected chi connectivity index (χ1v) is 8.12. The number of nitrogens with one attached hydrogen (secondary N) is 2. The minimum absolute atomic E-state index is 0.218. The van der Waals surface area contributed by atoms with E-state index < -0.39 is 5.97 Å². The summed E-state index contributed by atoms with van der Waals surface area (Å²) in [4.78, 5) is 35.5. The van der Waals surface area contributed by atoms with E-state index in [1.54, 1.807) is 55.5 Å². The molecular weight excluding hydrogens is 332 g/mol. The molecule has 0 unspecified atom stereocenters. The van der Waals surface area contributed by atoms with Gasteiger partial charge in [-0.25, -0.2) is 4.79 Å². The van der Waals surface area contributed by atoms with Crippen molar-refractivity contribution in [2.75, 3.05) is 11.9 Å². The number of anilines is 1. The highest BCUT2D eigenvalue weighted by molar-refractivity contribution is 6.05. The first kappa shape index (κ1) is 18.9. The fourth-order valence-electron chi connectivity index (χ4n) is 2.25. The first-order chi connectivity index (χ1) is 12.5. The van der Waals surface area contributed by atoms with Crippen LogP contribution in [0.15, 0.2) is 61.2 Å². The number of benzene rings is 2. The summed E-state index contributed by atoms with van der Waals surface area (Å²) < 4.78 is 4.92. The maximum absolute atomic E-state index is 12.5. The summed E-state index contributed by atoms with van der Waals surface area (Å²) in [7, 11) is 0. The quantitative estimate of drug-likeness (QED) is 0.593. The Balaban J connectivity index is 2.09. The minimum atomic E-state index is -0.409. The molecule has 0 saturated carbocycles. The normalized spacial score (nSPS) is 9.88. The standard InChI is InChI=1S/C20H20N2O4/c1-3-18(23)21-13-15-7-5-6-8-17(15)19(24)22-16-11-9-14(10-12-16)20(25)26-4-2/h3,5-12H,1,4,13H2,2H3,(H,21,23)(H,22,24). The van der Waals surface area contributed by atoms with Crippen LogP contribution in [0, 0.1) is 0 Å². The summed E-state index contributed by atoms with van der Waals surface area (Å²) >= 11 is 0. The van der Waals surface area contributed by atoms with Crippen LogP contribution >= 0.6 is 0 Å². The molecule has 2 rings (SSSR count). The molecule has 0 bridgehead atoms. The predicted octanol–water partition coefficient (Wildman–Crippen LogP) is 2.92. The highest BCUT2D eigenvalue weighted by Crippen LogP contribution is 2.15. The molecule has 6 nitrogen and oxygen atoms in total. The van der Waals surface area contributed by atoms with Crippen LogP contribution in [-0.2, 0) is 16.1 Å². The lowest BCUT2D eigenvalue weighted by Crippen LogP contribution is -2.22. The minimum Gasteiger partial charge on any atom is -0.462 e. The third-order valence-corrected chi connectivity index (χ3v) is 3.55. The van der Waals surface area contributed by atoms with E-state index in [0.29, 0.717) is 29.0 Å². The molecule has 0 saturated heterocycles. The van der Waals surface area contributed by atoms with E-state index >= 15 is 0 Å². The van der Waals surface area contributed by atoms with E-state index in [1.165, 1.54) is 6.08 Å². The molecule has 0 fully saturated rings. The Morgan fingerprint density at radius 3 is 2.42 bits per heavy atom. The van der Waals surface area contributed by atoms with E-state index in [0.717, 1.165) is 0 Å². The Morgan fingerprint density at radius 2 is 1.77 bits per heavy atom. The molecule has 2 aromatic rings. The van der Waals surface area contributed by atoms with Gasteiger partial charge in [-0.05, 0) is 48.9 Å². The molecule has 0 aliphatic heterocycles. The van der Waals surface area contributed by atoms with Gasteiger partial charge in [-0.2, -0.15) is 0 Å². The second-order valence-electron chi connectivity index (χ2n) is 5.33. The van der Waals surface area contributed by atoms with Gasteiger partial charge in [-0.15, -0.1) is 0 Å². The van der Waals surface area contributed by atoms with Crippen molar-refractivity contribution in [2.24, 2.45) is 0 Å². The van der Waals surface area contributed by atoms with Gasteiger partial charge in [-0.3, -0.25) is 9.59 Å². The van der Waals surface area contributed by atoms with Gasteiger partial charge in [-0.1, -0.05) is 24.8 Å². The highest BCUT2D eigenvalue weighted by Gasteiger charge is 2.12. The Labute approximate surface area is 151 Å². The lowest BCUT2D eigenvalue weighted by atomic mass is 10.1. The molecule has 2 N–H and O–H groups in total. The molecule has 134 valence electrons. The monoisotopic (exact) mass is 352 g/mol. The Hall–Kier alpha value is -3.41.